The fourth-order valence-corrected chi connectivity index (χ4v) is 3.54. The van der Waals surface area contributed by atoms with E-state index in [1.54, 1.807) is 12.1 Å². The van der Waals surface area contributed by atoms with Crippen molar-refractivity contribution in [2.75, 3.05) is 6.61 Å². The first-order valence-corrected chi connectivity index (χ1v) is 11.4. The Morgan fingerprint density at radius 3 is 2.10 bits per heavy atom. The van der Waals surface area contributed by atoms with Crippen molar-refractivity contribution >= 4 is 6.47 Å². The van der Waals surface area contributed by atoms with E-state index < -0.39 is 0 Å². The number of carbonyl (C=O) groups excluding carboxylic acids is 1. The summed E-state index contributed by atoms with van der Waals surface area (Å²) in [5.74, 6) is 0.966. The van der Waals surface area contributed by atoms with Gasteiger partial charge in [0.1, 0.15) is 24.2 Å². The monoisotopic (exact) mass is 405 g/mol. The highest BCUT2D eigenvalue weighted by Crippen LogP contribution is 2.34. The van der Waals surface area contributed by atoms with Crippen molar-refractivity contribution in [1.29, 1.82) is 0 Å². The number of phenolic OH excluding ortho intramolecular Hbond substituents is 1. The molecule has 0 amide bonds. The van der Waals surface area contributed by atoms with Crippen molar-refractivity contribution in [3.05, 3.63) is 23.8 Å². The predicted molar refractivity (Wildman–Crippen MR) is 119 cm³/mol. The molecule has 0 aromatic heterocycles. The molecule has 1 rings (SSSR count). The van der Waals surface area contributed by atoms with Crippen LogP contribution < -0.4 is 4.74 Å². The van der Waals surface area contributed by atoms with E-state index in [1.807, 2.05) is 6.07 Å². The molecule has 1 aromatic rings. The van der Waals surface area contributed by atoms with Gasteiger partial charge in [0.25, 0.3) is 0 Å². The van der Waals surface area contributed by atoms with Crippen molar-refractivity contribution < 1.29 is 19.4 Å². The fourth-order valence-electron chi connectivity index (χ4n) is 3.54. The van der Waals surface area contributed by atoms with Crippen molar-refractivity contribution in [3.63, 3.8) is 0 Å². The highest BCUT2D eigenvalue weighted by molar-refractivity contribution is 5.43. The number of benzene rings is 1. The number of ether oxygens (including phenoxy) is 2. The van der Waals surface area contributed by atoms with Gasteiger partial charge in [-0.25, -0.2) is 4.79 Å². The Morgan fingerprint density at radius 1 is 0.966 bits per heavy atom. The van der Waals surface area contributed by atoms with Crippen molar-refractivity contribution in [3.8, 4) is 11.5 Å². The second kappa shape index (κ2) is 14.3. The lowest BCUT2D eigenvalue weighted by Crippen LogP contribution is -2.23. The van der Waals surface area contributed by atoms with Crippen LogP contribution in [0.5, 0.6) is 11.5 Å². The maximum Gasteiger partial charge on any atom is 0.417 e. The largest absolute Gasteiger partial charge is 0.508 e. The van der Waals surface area contributed by atoms with Gasteiger partial charge in [-0.3, -0.25) is 0 Å². The minimum atomic E-state index is -0.192. The van der Waals surface area contributed by atoms with Crippen LogP contribution in [0, 0.1) is 0 Å². The molecule has 0 aliphatic rings. The third kappa shape index (κ3) is 11.2. The van der Waals surface area contributed by atoms with Gasteiger partial charge in [0.15, 0.2) is 0 Å². The number of unbranched alkanes of at least 4 members (excludes halogenated alkanes) is 9. The van der Waals surface area contributed by atoms with Crippen LogP contribution in [0.3, 0.4) is 0 Å². The van der Waals surface area contributed by atoms with Gasteiger partial charge in [-0.05, 0) is 36.5 Å². The summed E-state index contributed by atoms with van der Waals surface area (Å²) in [4.78, 5) is 10.5. The van der Waals surface area contributed by atoms with Crippen LogP contribution in [0.2, 0.25) is 0 Å². The lowest BCUT2D eigenvalue weighted by atomic mass is 9.86. The molecule has 1 unspecified atom stereocenters. The summed E-state index contributed by atoms with van der Waals surface area (Å²) < 4.78 is 10.9. The number of hydrogen-bond acceptors (Lipinski definition) is 4. The van der Waals surface area contributed by atoms with Crippen LogP contribution in [0.4, 0.5) is 0 Å². The zero-order valence-corrected chi connectivity index (χ0v) is 19.0. The number of aromatic hydroxyl groups is 1. The summed E-state index contributed by atoms with van der Waals surface area (Å²) in [7, 11) is 0. The molecule has 0 saturated carbocycles. The molecule has 0 aliphatic carbocycles. The molecule has 0 aliphatic heterocycles. The molecule has 1 radical (unpaired) electrons. The standard InChI is InChI=1S/C25H41O4/c1-5-6-7-8-9-10-11-12-13-14-15-22(19-28-20-26)29-21-16-17-24(27)23(18-21)25(2,3)4/h16-18,22,27H,5-15,19H2,1-4H3. The van der Waals surface area contributed by atoms with Crippen molar-refractivity contribution in [1.82, 2.24) is 0 Å². The number of rotatable bonds is 16. The minimum absolute atomic E-state index is 0.178. The van der Waals surface area contributed by atoms with E-state index >= 15 is 0 Å². The Kier molecular flexibility index (Phi) is 12.5. The van der Waals surface area contributed by atoms with Gasteiger partial charge in [-0.15, -0.1) is 0 Å². The summed E-state index contributed by atoms with van der Waals surface area (Å²) in [5.41, 5.74) is 0.665. The van der Waals surface area contributed by atoms with Crippen LogP contribution in [0.1, 0.15) is 104 Å². The molecular formula is C25H41O4. The highest BCUT2D eigenvalue weighted by Gasteiger charge is 2.20. The van der Waals surface area contributed by atoms with E-state index in [-0.39, 0.29) is 23.9 Å². The summed E-state index contributed by atoms with van der Waals surface area (Å²) in [6.07, 6.45) is 13.5. The van der Waals surface area contributed by atoms with Crippen LogP contribution in [0.25, 0.3) is 0 Å². The van der Waals surface area contributed by atoms with Gasteiger partial charge in [0.2, 0.25) is 0 Å². The lowest BCUT2D eigenvalue weighted by Gasteiger charge is -2.23. The first-order chi connectivity index (χ1) is 13.9. The second-order valence-corrected chi connectivity index (χ2v) is 9.03. The molecular weight excluding hydrogens is 364 g/mol. The van der Waals surface area contributed by atoms with Gasteiger partial charge in [-0.2, -0.15) is 0 Å². The van der Waals surface area contributed by atoms with Crippen molar-refractivity contribution in [2.45, 2.75) is 110 Å². The quantitative estimate of drug-likeness (QED) is 0.306. The Bertz CT molecular complexity index is 562. The maximum atomic E-state index is 10.5. The Balaban J connectivity index is 2.40. The molecule has 29 heavy (non-hydrogen) atoms. The van der Waals surface area contributed by atoms with E-state index in [0.29, 0.717) is 5.75 Å². The van der Waals surface area contributed by atoms with Crippen LogP contribution >= 0.6 is 0 Å². The Hall–Kier alpha value is -1.71. The van der Waals surface area contributed by atoms with E-state index in [9.17, 15) is 9.90 Å². The van der Waals surface area contributed by atoms with E-state index in [0.717, 1.165) is 18.4 Å². The third-order valence-corrected chi connectivity index (χ3v) is 5.29. The first kappa shape index (κ1) is 25.3. The zero-order chi connectivity index (χ0) is 21.5. The first-order valence-electron chi connectivity index (χ1n) is 11.4. The summed E-state index contributed by atoms with van der Waals surface area (Å²) in [6, 6.07) is 5.31. The average molecular weight is 406 g/mol. The lowest BCUT2D eigenvalue weighted by molar-refractivity contribution is 0.109. The van der Waals surface area contributed by atoms with E-state index in [1.165, 1.54) is 64.3 Å². The Morgan fingerprint density at radius 2 is 1.55 bits per heavy atom. The highest BCUT2D eigenvalue weighted by atomic mass is 16.6. The SMILES string of the molecule is CCCCCCCCCCCCC(CO[C]=O)Oc1ccc(O)c(C(C)(C)C)c1. The molecule has 0 saturated heterocycles. The van der Waals surface area contributed by atoms with Crippen LogP contribution in [-0.4, -0.2) is 24.3 Å². The van der Waals surface area contributed by atoms with Gasteiger partial charge < -0.3 is 14.6 Å². The molecule has 1 atom stereocenters. The summed E-state index contributed by atoms with van der Waals surface area (Å²) >= 11 is 0. The van der Waals surface area contributed by atoms with Crippen molar-refractivity contribution in [2.24, 2.45) is 0 Å². The third-order valence-electron chi connectivity index (χ3n) is 5.29. The molecule has 0 heterocycles. The molecule has 0 fully saturated rings. The molecule has 4 nitrogen and oxygen atoms in total. The number of hydrogen-bond donors (Lipinski definition) is 1. The molecule has 0 bridgehead atoms. The fraction of sp³-hybridized carbons (Fsp3) is 0.720. The molecule has 1 aromatic carbocycles. The normalized spacial score (nSPS) is 12.6. The van der Waals surface area contributed by atoms with Gasteiger partial charge in [0, 0.05) is 5.56 Å². The average Bonchev–Trinajstić information content (AvgIpc) is 2.67. The molecule has 4 heteroatoms. The van der Waals surface area contributed by atoms with Gasteiger partial charge in [-0.1, -0.05) is 85.5 Å². The zero-order valence-electron chi connectivity index (χ0n) is 19.0. The second-order valence-electron chi connectivity index (χ2n) is 9.03. The van der Waals surface area contributed by atoms with E-state index in [2.05, 4.69) is 27.7 Å². The molecule has 1 N–H and O–H groups in total. The van der Waals surface area contributed by atoms with Gasteiger partial charge >= 0.3 is 6.47 Å². The van der Waals surface area contributed by atoms with Crippen LogP contribution in [-0.2, 0) is 14.9 Å². The summed E-state index contributed by atoms with van der Waals surface area (Å²) in [6.45, 7) is 10.1. The van der Waals surface area contributed by atoms with E-state index in [4.69, 9.17) is 9.47 Å². The van der Waals surface area contributed by atoms with Gasteiger partial charge in [0.05, 0.1) is 0 Å². The smallest absolute Gasteiger partial charge is 0.417 e. The maximum absolute atomic E-state index is 10.5. The predicted octanol–water partition coefficient (Wildman–Crippen LogP) is 6.83. The molecule has 165 valence electrons. The topological polar surface area (TPSA) is 55.8 Å². The Labute approximate surface area is 178 Å². The number of phenols is 1. The summed E-state index contributed by atoms with van der Waals surface area (Å²) in [5, 5.41) is 10.1. The minimum Gasteiger partial charge on any atom is -0.508 e. The molecule has 0 spiro atoms. The van der Waals surface area contributed by atoms with Crippen LogP contribution in [0.15, 0.2) is 18.2 Å².